The van der Waals surface area contributed by atoms with Crippen molar-refractivity contribution in [3.05, 3.63) is 29.8 Å². The molecule has 0 spiro atoms. The van der Waals surface area contributed by atoms with Crippen molar-refractivity contribution >= 4 is 11.6 Å². The topological polar surface area (TPSA) is 41.6 Å². The number of hydrogen-bond acceptors (Lipinski definition) is 3. The Morgan fingerprint density at radius 3 is 2.86 bits per heavy atom. The van der Waals surface area contributed by atoms with Gasteiger partial charge in [-0.05, 0) is 31.4 Å². The van der Waals surface area contributed by atoms with E-state index in [2.05, 4.69) is 12.2 Å². The summed E-state index contributed by atoms with van der Waals surface area (Å²) in [6.07, 6.45) is 4.60. The van der Waals surface area contributed by atoms with Crippen LogP contribution >= 0.6 is 0 Å². The van der Waals surface area contributed by atoms with Gasteiger partial charge in [-0.15, -0.1) is 0 Å². The summed E-state index contributed by atoms with van der Waals surface area (Å²) in [5.41, 5.74) is 1.67. The minimum atomic E-state index is 0.0373. The third-order valence-electron chi connectivity index (χ3n) is 3.90. The van der Waals surface area contributed by atoms with Crippen LogP contribution in [0.5, 0.6) is 0 Å². The zero-order valence-corrected chi connectivity index (χ0v) is 13.3. The highest BCUT2D eigenvalue weighted by Gasteiger charge is 2.23. The minimum absolute atomic E-state index is 0.0373. The molecule has 1 aromatic rings. The lowest BCUT2D eigenvalue weighted by molar-refractivity contribution is 0.00597. The Bertz CT molecular complexity index is 472. The van der Waals surface area contributed by atoms with Crippen LogP contribution in [0, 0.1) is 0 Å². The molecule has 1 amide bonds. The quantitative estimate of drug-likeness (QED) is 0.905. The zero-order valence-electron chi connectivity index (χ0n) is 13.3. The lowest BCUT2D eigenvalue weighted by atomic mass is 9.99. The maximum absolute atomic E-state index is 12.2. The van der Waals surface area contributed by atoms with Crippen molar-refractivity contribution < 1.29 is 9.53 Å². The van der Waals surface area contributed by atoms with Crippen molar-refractivity contribution in [3.63, 3.8) is 0 Å². The van der Waals surface area contributed by atoms with Crippen LogP contribution in [0.2, 0.25) is 0 Å². The first-order chi connectivity index (χ1) is 10.1. The number of carbonyl (C=O) groups excluding carboxylic acids is 1. The zero-order chi connectivity index (χ0) is 15.2. The van der Waals surface area contributed by atoms with Crippen LogP contribution < -0.4 is 5.32 Å². The van der Waals surface area contributed by atoms with Crippen molar-refractivity contribution in [2.75, 3.05) is 26.0 Å². The fourth-order valence-corrected chi connectivity index (χ4v) is 2.79. The molecule has 2 rings (SSSR count). The molecule has 1 N–H and O–H groups in total. The van der Waals surface area contributed by atoms with E-state index >= 15 is 0 Å². The molecule has 1 heterocycles. The van der Waals surface area contributed by atoms with E-state index in [1.165, 1.54) is 0 Å². The Balaban J connectivity index is 2.07. The molecule has 0 saturated carbocycles. The van der Waals surface area contributed by atoms with Gasteiger partial charge in [0.05, 0.1) is 11.7 Å². The van der Waals surface area contributed by atoms with Crippen LogP contribution in [-0.2, 0) is 4.74 Å². The van der Waals surface area contributed by atoms with Gasteiger partial charge in [0.15, 0.2) is 0 Å². The molecule has 0 aromatic heterocycles. The highest BCUT2D eigenvalue weighted by Crippen LogP contribution is 2.24. The lowest BCUT2D eigenvalue weighted by Crippen LogP contribution is -2.34. The first kappa shape index (κ1) is 15.8. The van der Waals surface area contributed by atoms with Gasteiger partial charge in [0.1, 0.15) is 0 Å². The second kappa shape index (κ2) is 7.46. The molecular formula is C17H26N2O2. The van der Waals surface area contributed by atoms with Gasteiger partial charge in [0, 0.05) is 32.4 Å². The summed E-state index contributed by atoms with van der Waals surface area (Å²) in [4.78, 5) is 13.9. The summed E-state index contributed by atoms with van der Waals surface area (Å²) >= 11 is 0. The van der Waals surface area contributed by atoms with Crippen molar-refractivity contribution in [3.8, 4) is 0 Å². The molecule has 4 nitrogen and oxygen atoms in total. The summed E-state index contributed by atoms with van der Waals surface area (Å²) in [6, 6.07) is 8.13. The molecule has 1 fully saturated rings. The summed E-state index contributed by atoms with van der Waals surface area (Å²) in [7, 11) is 3.57. The number of amides is 1. The molecule has 0 radical (unpaired) electrons. The second-order valence-corrected chi connectivity index (χ2v) is 5.89. The molecule has 21 heavy (non-hydrogen) atoms. The smallest absolute Gasteiger partial charge is 0.255 e. The number of hydrogen-bond donors (Lipinski definition) is 1. The van der Waals surface area contributed by atoms with Gasteiger partial charge < -0.3 is 15.0 Å². The van der Waals surface area contributed by atoms with E-state index in [-0.39, 0.29) is 5.91 Å². The van der Waals surface area contributed by atoms with E-state index in [4.69, 9.17) is 4.74 Å². The second-order valence-electron chi connectivity index (χ2n) is 5.89. The minimum Gasteiger partial charge on any atom is -0.381 e. The van der Waals surface area contributed by atoms with Crippen molar-refractivity contribution in [1.29, 1.82) is 0 Å². The Hall–Kier alpha value is -1.55. The third kappa shape index (κ3) is 4.21. The lowest BCUT2D eigenvalue weighted by Gasteiger charge is -2.31. The summed E-state index contributed by atoms with van der Waals surface area (Å²) in [6.45, 7) is 2.98. The summed E-state index contributed by atoms with van der Waals surface area (Å²) in [5.74, 6) is 0.0373. The molecule has 4 heteroatoms. The SMILES string of the molecule is CCCC1CC(Nc2ccccc2C(=O)N(C)C)CCO1. The maximum atomic E-state index is 12.2. The molecule has 2 atom stereocenters. The predicted octanol–water partition coefficient (Wildman–Crippen LogP) is 3.15. The highest BCUT2D eigenvalue weighted by atomic mass is 16.5. The average Bonchev–Trinajstić information content (AvgIpc) is 2.48. The van der Waals surface area contributed by atoms with Crippen molar-refractivity contribution in [1.82, 2.24) is 4.90 Å². The molecule has 1 aliphatic heterocycles. The predicted molar refractivity (Wildman–Crippen MR) is 85.8 cm³/mol. The van der Waals surface area contributed by atoms with Gasteiger partial charge in [-0.2, -0.15) is 0 Å². The summed E-state index contributed by atoms with van der Waals surface area (Å²) < 4.78 is 5.79. The maximum Gasteiger partial charge on any atom is 0.255 e. The van der Waals surface area contributed by atoms with Gasteiger partial charge >= 0.3 is 0 Å². The van der Waals surface area contributed by atoms with Crippen molar-refractivity contribution in [2.24, 2.45) is 0 Å². The van der Waals surface area contributed by atoms with Crippen molar-refractivity contribution in [2.45, 2.75) is 44.8 Å². The van der Waals surface area contributed by atoms with E-state index in [0.29, 0.717) is 12.1 Å². The van der Waals surface area contributed by atoms with Gasteiger partial charge in [-0.25, -0.2) is 0 Å². The van der Waals surface area contributed by atoms with Gasteiger partial charge in [-0.3, -0.25) is 4.79 Å². The molecule has 0 bridgehead atoms. The van der Waals surface area contributed by atoms with Gasteiger partial charge in [0.2, 0.25) is 0 Å². The number of para-hydroxylation sites is 1. The van der Waals surface area contributed by atoms with Crippen LogP contribution in [0.3, 0.4) is 0 Å². The van der Waals surface area contributed by atoms with E-state index in [0.717, 1.165) is 43.5 Å². The Morgan fingerprint density at radius 2 is 2.14 bits per heavy atom. The molecule has 1 aliphatic rings. The highest BCUT2D eigenvalue weighted by molar-refractivity contribution is 5.99. The largest absolute Gasteiger partial charge is 0.381 e. The fourth-order valence-electron chi connectivity index (χ4n) is 2.79. The molecule has 116 valence electrons. The number of nitrogens with zero attached hydrogens (tertiary/aromatic N) is 1. The molecule has 1 saturated heterocycles. The Kier molecular flexibility index (Phi) is 5.62. The number of carbonyl (C=O) groups is 1. The van der Waals surface area contributed by atoms with Crippen LogP contribution in [0.25, 0.3) is 0 Å². The number of rotatable bonds is 5. The molecule has 0 aliphatic carbocycles. The normalized spacial score (nSPS) is 21.9. The van der Waals surface area contributed by atoms with Gasteiger partial charge in [0.25, 0.3) is 5.91 Å². The molecular weight excluding hydrogens is 264 g/mol. The fraction of sp³-hybridized carbons (Fsp3) is 0.588. The van der Waals surface area contributed by atoms with E-state index in [1.807, 2.05) is 24.3 Å². The van der Waals surface area contributed by atoms with Crippen LogP contribution in [0.4, 0.5) is 5.69 Å². The van der Waals surface area contributed by atoms with Crippen LogP contribution in [0.1, 0.15) is 43.0 Å². The van der Waals surface area contributed by atoms with Gasteiger partial charge in [-0.1, -0.05) is 25.5 Å². The molecule has 1 aromatic carbocycles. The van der Waals surface area contributed by atoms with E-state index in [9.17, 15) is 4.79 Å². The molecule has 2 unspecified atom stereocenters. The first-order valence-corrected chi connectivity index (χ1v) is 7.80. The number of benzene rings is 1. The first-order valence-electron chi connectivity index (χ1n) is 7.80. The van der Waals surface area contributed by atoms with Crippen LogP contribution in [-0.4, -0.2) is 43.7 Å². The summed E-state index contributed by atoms with van der Waals surface area (Å²) in [5, 5.41) is 3.55. The van der Waals surface area contributed by atoms with Crippen LogP contribution in [0.15, 0.2) is 24.3 Å². The Morgan fingerprint density at radius 1 is 1.38 bits per heavy atom. The van der Waals surface area contributed by atoms with E-state index in [1.54, 1.807) is 19.0 Å². The number of anilines is 1. The standard InChI is InChI=1S/C17H26N2O2/c1-4-7-14-12-13(10-11-21-14)18-16-9-6-5-8-15(16)17(20)19(2)3/h5-6,8-9,13-14,18H,4,7,10-12H2,1-3H3. The van der Waals surface area contributed by atoms with E-state index < -0.39 is 0 Å². The third-order valence-corrected chi connectivity index (χ3v) is 3.90. The number of ether oxygens (including phenoxy) is 1. The monoisotopic (exact) mass is 290 g/mol. The Labute approximate surface area is 127 Å². The number of nitrogens with one attached hydrogen (secondary N) is 1. The average molecular weight is 290 g/mol.